The van der Waals surface area contributed by atoms with Crippen LogP contribution in [-0.4, -0.2) is 16.6 Å². The van der Waals surface area contributed by atoms with E-state index in [1.165, 1.54) is 0 Å². The maximum atomic E-state index is 12.5. The first-order chi connectivity index (χ1) is 11.6. The molecule has 5 heteroatoms. The van der Waals surface area contributed by atoms with Crippen LogP contribution in [0.4, 0.5) is 0 Å². The monoisotopic (exact) mass is 341 g/mol. The molecule has 0 spiro atoms. The Balaban J connectivity index is 1.65. The minimum Gasteiger partial charge on any atom is -0.383 e. The van der Waals surface area contributed by atoms with Crippen molar-refractivity contribution in [3.05, 3.63) is 63.9 Å². The van der Waals surface area contributed by atoms with E-state index in [9.17, 15) is 4.79 Å². The predicted octanol–water partition coefficient (Wildman–Crippen LogP) is 3.65. The highest BCUT2D eigenvalue weighted by atomic mass is 35.5. The highest BCUT2D eigenvalue weighted by molar-refractivity contribution is 6.30. The molecule has 2 aromatic rings. The summed E-state index contributed by atoms with van der Waals surface area (Å²) in [5, 5.41) is 0.712. The number of fused-ring (bicyclic) bond motifs is 1. The highest BCUT2D eigenvalue weighted by Gasteiger charge is 2.18. The number of nitrogens with zero attached hydrogens (tertiary/aromatic N) is 2. The van der Waals surface area contributed by atoms with E-state index in [2.05, 4.69) is 16.9 Å². The van der Waals surface area contributed by atoms with Gasteiger partial charge in [0, 0.05) is 35.3 Å². The van der Waals surface area contributed by atoms with Crippen molar-refractivity contribution in [3.63, 3.8) is 0 Å². The quantitative estimate of drug-likeness (QED) is 0.872. The minimum absolute atomic E-state index is 0.191. The lowest BCUT2D eigenvalue weighted by Crippen LogP contribution is -2.13. The number of pyridine rings is 1. The van der Waals surface area contributed by atoms with Crippen molar-refractivity contribution in [1.82, 2.24) is 4.98 Å². The van der Waals surface area contributed by atoms with Gasteiger partial charge in [0.25, 0.3) is 0 Å². The Morgan fingerprint density at radius 2 is 2.08 bits per heavy atom. The normalized spacial score (nSPS) is 14.2. The molecular formula is C19H20ClN3O. The number of aromatic nitrogens is 1. The highest BCUT2D eigenvalue weighted by Crippen LogP contribution is 2.26. The lowest BCUT2D eigenvalue weighted by atomic mass is 9.90. The molecule has 0 bridgehead atoms. The zero-order valence-corrected chi connectivity index (χ0v) is 14.4. The zero-order chi connectivity index (χ0) is 17.1. The Morgan fingerprint density at radius 3 is 2.79 bits per heavy atom. The van der Waals surface area contributed by atoms with E-state index >= 15 is 0 Å². The van der Waals surface area contributed by atoms with Crippen molar-refractivity contribution < 1.29 is 4.79 Å². The molecule has 0 aliphatic carbocycles. The van der Waals surface area contributed by atoms with Gasteiger partial charge in [-0.1, -0.05) is 30.7 Å². The van der Waals surface area contributed by atoms with Crippen molar-refractivity contribution in [2.24, 2.45) is 10.7 Å². The van der Waals surface area contributed by atoms with Gasteiger partial charge in [-0.15, -0.1) is 0 Å². The van der Waals surface area contributed by atoms with E-state index in [1.807, 2.05) is 30.3 Å². The Bertz CT molecular complexity index is 784. The number of carbonyl (C=O) groups excluding carboxylic acids is 1. The van der Waals surface area contributed by atoms with E-state index in [1.54, 1.807) is 6.20 Å². The lowest BCUT2D eigenvalue weighted by Gasteiger charge is -2.14. The average Bonchev–Trinajstić information content (AvgIpc) is 2.94. The third kappa shape index (κ3) is 3.65. The van der Waals surface area contributed by atoms with Crippen LogP contribution in [0.15, 0.2) is 41.5 Å². The molecule has 1 aromatic heterocycles. The maximum Gasteiger partial charge on any atom is 0.139 e. The van der Waals surface area contributed by atoms with Gasteiger partial charge in [-0.2, -0.15) is 0 Å². The van der Waals surface area contributed by atoms with E-state index in [0.29, 0.717) is 30.2 Å². The predicted molar refractivity (Wildman–Crippen MR) is 96.5 cm³/mol. The van der Waals surface area contributed by atoms with Crippen LogP contribution in [0.3, 0.4) is 0 Å². The molecule has 124 valence electrons. The first kappa shape index (κ1) is 16.7. The number of amidine groups is 1. The van der Waals surface area contributed by atoms with Gasteiger partial charge in [-0.25, -0.2) is 0 Å². The topological polar surface area (TPSA) is 68.3 Å². The van der Waals surface area contributed by atoms with Gasteiger partial charge in [0.15, 0.2) is 0 Å². The second-order valence-corrected chi connectivity index (χ2v) is 6.55. The second-order valence-electron chi connectivity index (χ2n) is 6.11. The van der Waals surface area contributed by atoms with Crippen LogP contribution in [0.2, 0.25) is 5.02 Å². The summed E-state index contributed by atoms with van der Waals surface area (Å²) in [4.78, 5) is 21.0. The number of hydrogen-bond acceptors (Lipinski definition) is 4. The number of nitrogens with two attached hydrogens (primary N) is 1. The summed E-state index contributed by atoms with van der Waals surface area (Å²) in [6, 6.07) is 9.68. The number of rotatable bonds is 6. The number of benzene rings is 1. The van der Waals surface area contributed by atoms with Crippen LogP contribution >= 0.6 is 11.6 Å². The minimum atomic E-state index is 0.191. The SMILES string of the molecule is CC[C@@H](CC(=O)Cc1cc2c(cn1)C(N)=NC2)c1ccc(Cl)cc1. The third-order valence-electron chi connectivity index (χ3n) is 4.43. The van der Waals surface area contributed by atoms with Crippen LogP contribution in [0.25, 0.3) is 0 Å². The Hall–Kier alpha value is -2.20. The fourth-order valence-electron chi connectivity index (χ4n) is 3.04. The van der Waals surface area contributed by atoms with Gasteiger partial charge < -0.3 is 5.73 Å². The van der Waals surface area contributed by atoms with Crippen molar-refractivity contribution in [2.75, 3.05) is 0 Å². The third-order valence-corrected chi connectivity index (χ3v) is 4.68. The van der Waals surface area contributed by atoms with E-state index < -0.39 is 0 Å². The summed E-state index contributed by atoms with van der Waals surface area (Å²) in [7, 11) is 0. The molecule has 0 saturated heterocycles. The molecule has 24 heavy (non-hydrogen) atoms. The molecule has 2 heterocycles. The fraction of sp³-hybridized carbons (Fsp3) is 0.316. The number of Topliss-reactive ketones (excluding diaryl/α,β-unsaturated/α-hetero) is 1. The smallest absolute Gasteiger partial charge is 0.139 e. The molecule has 4 nitrogen and oxygen atoms in total. The molecular weight excluding hydrogens is 322 g/mol. The molecule has 0 radical (unpaired) electrons. The van der Waals surface area contributed by atoms with Gasteiger partial charge in [0.1, 0.15) is 11.6 Å². The van der Waals surface area contributed by atoms with Crippen molar-refractivity contribution in [2.45, 2.75) is 38.6 Å². The molecule has 1 aromatic carbocycles. The van der Waals surface area contributed by atoms with Gasteiger partial charge in [-0.3, -0.25) is 14.8 Å². The molecule has 2 N–H and O–H groups in total. The first-order valence-corrected chi connectivity index (χ1v) is 8.50. The molecule has 3 rings (SSSR count). The summed E-state index contributed by atoms with van der Waals surface area (Å²) in [5.41, 5.74) is 9.67. The summed E-state index contributed by atoms with van der Waals surface area (Å²) < 4.78 is 0. The summed E-state index contributed by atoms with van der Waals surface area (Å²) >= 11 is 5.94. The maximum absolute atomic E-state index is 12.5. The van der Waals surface area contributed by atoms with Crippen molar-refractivity contribution in [1.29, 1.82) is 0 Å². The van der Waals surface area contributed by atoms with Crippen LogP contribution in [0.5, 0.6) is 0 Å². The van der Waals surface area contributed by atoms with Gasteiger partial charge >= 0.3 is 0 Å². The number of carbonyl (C=O) groups is 1. The van der Waals surface area contributed by atoms with Gasteiger partial charge in [0.05, 0.1) is 6.54 Å². The molecule has 1 aliphatic rings. The fourth-order valence-corrected chi connectivity index (χ4v) is 3.17. The number of ketones is 1. The van der Waals surface area contributed by atoms with E-state index in [4.69, 9.17) is 17.3 Å². The molecule has 0 amide bonds. The Morgan fingerprint density at radius 1 is 1.33 bits per heavy atom. The molecule has 0 unspecified atom stereocenters. The number of halogens is 1. The van der Waals surface area contributed by atoms with E-state index in [-0.39, 0.29) is 11.7 Å². The number of aliphatic imine (C=N–C) groups is 1. The molecule has 0 fully saturated rings. The zero-order valence-electron chi connectivity index (χ0n) is 13.6. The molecule has 1 atom stereocenters. The summed E-state index contributed by atoms with van der Waals surface area (Å²) in [6.07, 6.45) is 3.49. The van der Waals surface area contributed by atoms with Gasteiger partial charge in [-0.05, 0) is 41.7 Å². The summed E-state index contributed by atoms with van der Waals surface area (Å²) in [5.74, 6) is 0.934. The Labute approximate surface area is 146 Å². The average molecular weight is 342 g/mol. The molecule has 1 aliphatic heterocycles. The first-order valence-electron chi connectivity index (χ1n) is 8.12. The summed E-state index contributed by atoms with van der Waals surface area (Å²) in [6.45, 7) is 2.67. The second kappa shape index (κ2) is 7.14. The van der Waals surface area contributed by atoms with Crippen LogP contribution < -0.4 is 5.73 Å². The van der Waals surface area contributed by atoms with Crippen LogP contribution in [0, 0.1) is 0 Å². The lowest BCUT2D eigenvalue weighted by molar-refractivity contribution is -0.118. The van der Waals surface area contributed by atoms with Crippen LogP contribution in [-0.2, 0) is 17.8 Å². The largest absolute Gasteiger partial charge is 0.383 e. The van der Waals surface area contributed by atoms with Crippen molar-refractivity contribution >= 4 is 23.2 Å². The number of hydrogen-bond donors (Lipinski definition) is 1. The Kier molecular flexibility index (Phi) is 4.95. The molecule has 0 saturated carbocycles. The van der Waals surface area contributed by atoms with Crippen LogP contribution in [0.1, 0.15) is 48.1 Å². The standard InChI is InChI=1S/C19H20ClN3O/c1-2-12(13-3-5-15(20)6-4-13)8-17(24)9-16-7-14-10-23-19(21)18(14)11-22-16/h3-7,11-12H,2,8-10H2,1H3,(H2,21,23)/t12-/m0/s1. The van der Waals surface area contributed by atoms with E-state index in [0.717, 1.165) is 28.8 Å². The van der Waals surface area contributed by atoms with Gasteiger partial charge in [0.2, 0.25) is 0 Å². The van der Waals surface area contributed by atoms with Crippen molar-refractivity contribution in [3.8, 4) is 0 Å².